The molecule has 90 valence electrons. The van der Waals surface area contributed by atoms with Gasteiger partial charge in [-0.3, -0.25) is 9.69 Å². The summed E-state index contributed by atoms with van der Waals surface area (Å²) in [7, 11) is 0. The highest BCUT2D eigenvalue weighted by atomic mass is 16.1. The van der Waals surface area contributed by atoms with Gasteiger partial charge in [-0.2, -0.15) is 0 Å². The number of rotatable bonds is 4. The molecule has 0 aliphatic carbocycles. The van der Waals surface area contributed by atoms with Crippen molar-refractivity contribution in [3.63, 3.8) is 0 Å². The molecule has 17 heavy (non-hydrogen) atoms. The average molecular weight is 230 g/mol. The Morgan fingerprint density at radius 2 is 1.94 bits per heavy atom. The second kappa shape index (κ2) is 5.64. The van der Waals surface area contributed by atoms with Crippen LogP contribution in [0.3, 0.4) is 0 Å². The van der Waals surface area contributed by atoms with Crippen molar-refractivity contribution in [2.45, 2.75) is 19.4 Å². The van der Waals surface area contributed by atoms with E-state index in [4.69, 9.17) is 0 Å². The molecule has 1 amide bonds. The Bertz CT molecular complexity index is 391. The van der Waals surface area contributed by atoms with E-state index in [9.17, 15) is 4.79 Å². The van der Waals surface area contributed by atoms with E-state index in [1.165, 1.54) is 37.6 Å². The molecule has 3 nitrogen and oxygen atoms in total. The number of carbonyl (C=O) groups excluding carboxylic acids is 1. The van der Waals surface area contributed by atoms with Gasteiger partial charge in [0.1, 0.15) is 0 Å². The fourth-order valence-corrected chi connectivity index (χ4v) is 2.09. The molecule has 0 unspecified atom stereocenters. The summed E-state index contributed by atoms with van der Waals surface area (Å²) in [6, 6.07) is 8.01. The Balaban J connectivity index is 1.92. The molecule has 0 saturated carbocycles. The molecule has 0 radical (unpaired) electrons. The maximum absolute atomic E-state index is 11.1. The summed E-state index contributed by atoms with van der Waals surface area (Å²) >= 11 is 0. The van der Waals surface area contributed by atoms with Crippen LogP contribution in [0, 0.1) is 0 Å². The Labute approximate surface area is 102 Å². The summed E-state index contributed by atoms with van der Waals surface area (Å²) in [6.45, 7) is 6.84. The van der Waals surface area contributed by atoms with Gasteiger partial charge in [-0.05, 0) is 49.7 Å². The lowest BCUT2D eigenvalue weighted by Gasteiger charge is -2.14. The zero-order chi connectivity index (χ0) is 12.1. The fourth-order valence-electron chi connectivity index (χ4n) is 2.09. The first-order valence-corrected chi connectivity index (χ1v) is 6.02. The quantitative estimate of drug-likeness (QED) is 0.806. The van der Waals surface area contributed by atoms with Crippen LogP contribution in [0.1, 0.15) is 18.4 Å². The van der Waals surface area contributed by atoms with Crippen molar-refractivity contribution < 1.29 is 4.79 Å². The lowest BCUT2D eigenvalue weighted by atomic mass is 10.2. The topological polar surface area (TPSA) is 32.3 Å². The van der Waals surface area contributed by atoms with Crippen LogP contribution in [0.15, 0.2) is 36.9 Å². The van der Waals surface area contributed by atoms with Gasteiger partial charge in [0.15, 0.2) is 0 Å². The fraction of sp³-hybridized carbons (Fsp3) is 0.357. The lowest BCUT2D eigenvalue weighted by Crippen LogP contribution is -2.18. The highest BCUT2D eigenvalue weighted by Gasteiger charge is 2.11. The van der Waals surface area contributed by atoms with Crippen LogP contribution in [-0.2, 0) is 11.3 Å². The maximum atomic E-state index is 11.1. The summed E-state index contributed by atoms with van der Waals surface area (Å²) in [5, 5.41) is 2.74. The Morgan fingerprint density at radius 1 is 1.29 bits per heavy atom. The first-order valence-electron chi connectivity index (χ1n) is 6.02. The molecule has 0 bridgehead atoms. The van der Waals surface area contributed by atoms with Gasteiger partial charge in [-0.25, -0.2) is 0 Å². The van der Waals surface area contributed by atoms with Gasteiger partial charge in [0.2, 0.25) is 5.91 Å². The number of likely N-dealkylation sites (tertiary alicyclic amines) is 1. The van der Waals surface area contributed by atoms with Crippen molar-refractivity contribution in [2.75, 3.05) is 18.4 Å². The summed E-state index contributed by atoms with van der Waals surface area (Å²) in [4.78, 5) is 13.6. The van der Waals surface area contributed by atoms with Gasteiger partial charge in [0, 0.05) is 12.2 Å². The first-order chi connectivity index (χ1) is 8.28. The van der Waals surface area contributed by atoms with Gasteiger partial charge in [0.05, 0.1) is 0 Å². The van der Waals surface area contributed by atoms with Gasteiger partial charge in [-0.1, -0.05) is 18.7 Å². The van der Waals surface area contributed by atoms with Crippen LogP contribution in [0.2, 0.25) is 0 Å². The highest BCUT2D eigenvalue weighted by molar-refractivity contribution is 5.98. The molecule has 0 spiro atoms. The van der Waals surface area contributed by atoms with Crippen LogP contribution >= 0.6 is 0 Å². The number of amides is 1. The average Bonchev–Trinajstić information content (AvgIpc) is 2.84. The van der Waals surface area contributed by atoms with E-state index in [0.29, 0.717) is 0 Å². The van der Waals surface area contributed by atoms with E-state index in [2.05, 4.69) is 28.9 Å². The van der Waals surface area contributed by atoms with Crippen molar-refractivity contribution in [3.05, 3.63) is 42.5 Å². The first kappa shape index (κ1) is 11.9. The highest BCUT2D eigenvalue weighted by Crippen LogP contribution is 2.15. The van der Waals surface area contributed by atoms with Crippen molar-refractivity contribution in [1.29, 1.82) is 0 Å². The predicted octanol–water partition coefficient (Wildman–Crippen LogP) is 2.41. The largest absolute Gasteiger partial charge is 0.323 e. The molecule has 1 N–H and O–H groups in total. The van der Waals surface area contributed by atoms with Gasteiger partial charge in [0.25, 0.3) is 0 Å². The number of carbonyl (C=O) groups is 1. The Hall–Kier alpha value is -1.61. The Kier molecular flexibility index (Phi) is 3.94. The number of benzene rings is 1. The van der Waals surface area contributed by atoms with E-state index in [0.717, 1.165) is 12.2 Å². The van der Waals surface area contributed by atoms with Gasteiger partial charge in [-0.15, -0.1) is 0 Å². The summed E-state index contributed by atoms with van der Waals surface area (Å²) in [5.74, 6) is -0.169. The molecule has 0 aromatic heterocycles. The van der Waals surface area contributed by atoms with Crippen molar-refractivity contribution in [2.24, 2.45) is 0 Å². The molecular weight excluding hydrogens is 212 g/mol. The number of hydrogen-bond donors (Lipinski definition) is 1. The molecule has 1 heterocycles. The predicted molar refractivity (Wildman–Crippen MR) is 69.8 cm³/mol. The van der Waals surface area contributed by atoms with Crippen LogP contribution in [0.5, 0.6) is 0 Å². The van der Waals surface area contributed by atoms with Crippen LogP contribution in [-0.4, -0.2) is 23.9 Å². The zero-order valence-corrected chi connectivity index (χ0v) is 9.98. The molecule has 1 aliphatic rings. The SMILES string of the molecule is C=CC(=O)Nc1ccc(CN2CCCC2)cc1. The maximum Gasteiger partial charge on any atom is 0.247 e. The Morgan fingerprint density at radius 3 is 2.53 bits per heavy atom. The molecule has 1 aliphatic heterocycles. The van der Waals surface area contributed by atoms with Crippen LogP contribution < -0.4 is 5.32 Å². The normalized spacial score (nSPS) is 15.8. The minimum atomic E-state index is -0.169. The number of nitrogens with zero attached hydrogens (tertiary/aromatic N) is 1. The van der Waals surface area contributed by atoms with Crippen molar-refractivity contribution >= 4 is 11.6 Å². The molecule has 3 heteroatoms. The molecule has 1 fully saturated rings. The van der Waals surface area contributed by atoms with E-state index in [1.807, 2.05) is 12.1 Å². The third-order valence-corrected chi connectivity index (χ3v) is 3.01. The zero-order valence-electron chi connectivity index (χ0n) is 9.98. The minimum Gasteiger partial charge on any atom is -0.323 e. The summed E-state index contributed by atoms with van der Waals surface area (Å²) in [6.07, 6.45) is 3.90. The molecule has 1 aromatic carbocycles. The molecule has 2 rings (SSSR count). The molecular formula is C14H18N2O. The molecule has 0 atom stereocenters. The van der Waals surface area contributed by atoms with E-state index in [1.54, 1.807) is 0 Å². The third kappa shape index (κ3) is 3.43. The second-order valence-corrected chi connectivity index (χ2v) is 4.37. The molecule has 1 aromatic rings. The van der Waals surface area contributed by atoms with Gasteiger partial charge < -0.3 is 5.32 Å². The van der Waals surface area contributed by atoms with Crippen molar-refractivity contribution in [3.8, 4) is 0 Å². The number of nitrogens with one attached hydrogen (secondary N) is 1. The van der Waals surface area contributed by atoms with E-state index in [-0.39, 0.29) is 5.91 Å². The van der Waals surface area contributed by atoms with Crippen molar-refractivity contribution in [1.82, 2.24) is 4.90 Å². The summed E-state index contributed by atoms with van der Waals surface area (Å²) < 4.78 is 0. The smallest absolute Gasteiger partial charge is 0.247 e. The third-order valence-electron chi connectivity index (χ3n) is 3.01. The second-order valence-electron chi connectivity index (χ2n) is 4.37. The standard InChI is InChI=1S/C14H18N2O/c1-2-14(17)15-13-7-5-12(6-8-13)11-16-9-3-4-10-16/h2,5-8H,1,3-4,9-11H2,(H,15,17). The minimum absolute atomic E-state index is 0.169. The summed E-state index contributed by atoms with van der Waals surface area (Å²) in [5.41, 5.74) is 2.11. The van der Waals surface area contributed by atoms with Gasteiger partial charge >= 0.3 is 0 Å². The van der Waals surface area contributed by atoms with Crippen LogP contribution in [0.25, 0.3) is 0 Å². The number of hydrogen-bond acceptors (Lipinski definition) is 2. The molecule has 1 saturated heterocycles. The van der Waals surface area contributed by atoms with E-state index >= 15 is 0 Å². The monoisotopic (exact) mass is 230 g/mol. The van der Waals surface area contributed by atoms with Crippen LogP contribution in [0.4, 0.5) is 5.69 Å². The number of anilines is 1. The van der Waals surface area contributed by atoms with E-state index < -0.39 is 0 Å². The lowest BCUT2D eigenvalue weighted by molar-refractivity contribution is -0.111.